The molecule has 4 heteroatoms. The number of piperazine rings is 1. The molecule has 2 heterocycles. The highest BCUT2D eigenvalue weighted by Crippen LogP contribution is 2.29. The second-order valence-electron chi connectivity index (χ2n) is 8.62. The summed E-state index contributed by atoms with van der Waals surface area (Å²) in [7, 11) is 2.19. The van der Waals surface area contributed by atoms with Crippen molar-refractivity contribution in [1.82, 2.24) is 4.90 Å². The van der Waals surface area contributed by atoms with Crippen molar-refractivity contribution in [3.63, 3.8) is 0 Å². The van der Waals surface area contributed by atoms with Crippen LogP contribution in [-0.4, -0.2) is 49.8 Å². The van der Waals surface area contributed by atoms with E-state index in [0.29, 0.717) is 0 Å². The van der Waals surface area contributed by atoms with Gasteiger partial charge in [0, 0.05) is 50.3 Å². The molecule has 0 aliphatic carbocycles. The maximum absolute atomic E-state index is 10.2. The van der Waals surface area contributed by atoms with E-state index >= 15 is 0 Å². The van der Waals surface area contributed by atoms with Crippen molar-refractivity contribution in [2.75, 3.05) is 49.6 Å². The molecule has 0 aromatic heterocycles. The monoisotopic (exact) mass is 389 g/mol. The highest BCUT2D eigenvalue weighted by molar-refractivity contribution is 5.72. The first-order valence-electron chi connectivity index (χ1n) is 10.4. The van der Waals surface area contributed by atoms with E-state index in [2.05, 4.69) is 76.5 Å². The number of para-hydroxylation sites is 1. The molecule has 2 aromatic rings. The Labute approximate surface area is 174 Å². The minimum absolute atomic E-state index is 0.808. The Hall–Kier alpha value is -2.56. The minimum Gasteiger partial charge on any atom is -0.386 e. The van der Waals surface area contributed by atoms with E-state index < -0.39 is 5.60 Å². The third kappa shape index (κ3) is 4.55. The van der Waals surface area contributed by atoms with Crippen LogP contribution in [0, 0.1) is 0 Å². The SMILES string of the molecule is CN1CCN(c2ccccc2C=C2C=CN(c3ccc(C(C)(C)O)cc3)C2)CC1. The van der Waals surface area contributed by atoms with Gasteiger partial charge in [-0.15, -0.1) is 0 Å². The number of nitrogens with zero attached hydrogens (tertiary/aromatic N) is 3. The van der Waals surface area contributed by atoms with Gasteiger partial charge in [-0.25, -0.2) is 0 Å². The van der Waals surface area contributed by atoms with Crippen LogP contribution in [0.3, 0.4) is 0 Å². The standard InChI is InChI=1S/C25H31N3O/c1-25(2,29)22-8-10-23(11-9-22)28-13-12-20(19-28)18-21-6-4-5-7-24(21)27-16-14-26(3)15-17-27/h4-13,18,29H,14-17,19H2,1-3H3. The van der Waals surface area contributed by atoms with E-state index in [9.17, 15) is 5.11 Å². The normalized spacial score (nSPS) is 19.4. The number of hydrogen-bond donors (Lipinski definition) is 1. The fourth-order valence-electron chi connectivity index (χ4n) is 3.96. The Kier molecular flexibility index (Phi) is 5.48. The molecule has 0 bridgehead atoms. The number of benzene rings is 2. The van der Waals surface area contributed by atoms with E-state index in [1.807, 2.05) is 26.0 Å². The van der Waals surface area contributed by atoms with Gasteiger partial charge in [0.15, 0.2) is 0 Å². The lowest BCUT2D eigenvalue weighted by Crippen LogP contribution is -2.44. The first kappa shape index (κ1) is 19.7. The topological polar surface area (TPSA) is 30.0 Å². The molecule has 152 valence electrons. The summed E-state index contributed by atoms with van der Waals surface area (Å²) in [6, 6.07) is 16.9. The first-order chi connectivity index (χ1) is 13.9. The van der Waals surface area contributed by atoms with E-state index in [1.165, 1.54) is 16.8 Å². The van der Waals surface area contributed by atoms with Gasteiger partial charge in [-0.1, -0.05) is 30.3 Å². The van der Waals surface area contributed by atoms with E-state index in [1.54, 1.807) is 0 Å². The average Bonchev–Trinajstić information content (AvgIpc) is 3.17. The summed E-state index contributed by atoms with van der Waals surface area (Å²) in [5, 5.41) is 10.2. The number of aliphatic hydroxyl groups is 1. The van der Waals surface area contributed by atoms with Gasteiger partial charge in [0.1, 0.15) is 0 Å². The van der Waals surface area contributed by atoms with Gasteiger partial charge in [-0.3, -0.25) is 0 Å². The van der Waals surface area contributed by atoms with Crippen LogP contribution < -0.4 is 9.80 Å². The molecule has 2 aromatic carbocycles. The molecule has 29 heavy (non-hydrogen) atoms. The van der Waals surface area contributed by atoms with Crippen molar-refractivity contribution in [3.8, 4) is 0 Å². The molecule has 0 atom stereocenters. The summed E-state index contributed by atoms with van der Waals surface area (Å²) >= 11 is 0. The zero-order chi connectivity index (χ0) is 20.4. The van der Waals surface area contributed by atoms with Gasteiger partial charge < -0.3 is 19.8 Å². The molecule has 2 aliphatic rings. The molecule has 4 rings (SSSR count). The molecule has 0 radical (unpaired) electrons. The van der Waals surface area contributed by atoms with Crippen molar-refractivity contribution in [1.29, 1.82) is 0 Å². The van der Waals surface area contributed by atoms with E-state index in [0.717, 1.165) is 44.0 Å². The van der Waals surface area contributed by atoms with Gasteiger partial charge >= 0.3 is 0 Å². The molecule has 1 fully saturated rings. The molecule has 0 saturated carbocycles. The fraction of sp³-hybridized carbons (Fsp3) is 0.360. The Morgan fingerprint density at radius 1 is 0.931 bits per heavy atom. The lowest BCUT2D eigenvalue weighted by molar-refractivity contribution is 0.0786. The minimum atomic E-state index is -0.808. The molecular formula is C25H31N3O. The fourth-order valence-corrected chi connectivity index (χ4v) is 3.96. The quantitative estimate of drug-likeness (QED) is 0.853. The zero-order valence-electron chi connectivity index (χ0n) is 17.7. The van der Waals surface area contributed by atoms with Crippen LogP contribution in [-0.2, 0) is 5.60 Å². The second kappa shape index (κ2) is 8.05. The van der Waals surface area contributed by atoms with Crippen LogP contribution in [0.15, 0.2) is 66.4 Å². The molecule has 0 unspecified atom stereocenters. The molecule has 1 N–H and O–H groups in total. The largest absolute Gasteiger partial charge is 0.386 e. The van der Waals surface area contributed by atoms with Crippen molar-refractivity contribution in [3.05, 3.63) is 77.5 Å². The van der Waals surface area contributed by atoms with Crippen molar-refractivity contribution in [2.24, 2.45) is 0 Å². The van der Waals surface area contributed by atoms with Crippen LogP contribution in [0.2, 0.25) is 0 Å². The summed E-state index contributed by atoms with van der Waals surface area (Å²) in [6.07, 6.45) is 6.66. The van der Waals surface area contributed by atoms with Crippen molar-refractivity contribution < 1.29 is 5.11 Å². The lowest BCUT2D eigenvalue weighted by Gasteiger charge is -2.35. The van der Waals surface area contributed by atoms with Gasteiger partial charge in [-0.05, 0) is 67.9 Å². The predicted molar refractivity (Wildman–Crippen MR) is 122 cm³/mol. The van der Waals surface area contributed by atoms with Crippen LogP contribution in [0.1, 0.15) is 25.0 Å². The molecule has 0 spiro atoms. The first-order valence-corrected chi connectivity index (χ1v) is 10.4. The van der Waals surface area contributed by atoms with Crippen molar-refractivity contribution in [2.45, 2.75) is 19.4 Å². The second-order valence-corrected chi connectivity index (χ2v) is 8.62. The zero-order valence-corrected chi connectivity index (χ0v) is 17.7. The predicted octanol–water partition coefficient (Wildman–Crippen LogP) is 4.08. The van der Waals surface area contributed by atoms with E-state index in [4.69, 9.17) is 0 Å². The molecule has 1 saturated heterocycles. The van der Waals surface area contributed by atoms with Crippen molar-refractivity contribution >= 4 is 17.5 Å². The smallest absolute Gasteiger partial charge is 0.0840 e. The third-order valence-electron chi connectivity index (χ3n) is 5.85. The Morgan fingerprint density at radius 3 is 2.31 bits per heavy atom. The lowest BCUT2D eigenvalue weighted by atomic mass is 9.98. The van der Waals surface area contributed by atoms with Crippen LogP contribution >= 0.6 is 0 Å². The summed E-state index contributed by atoms with van der Waals surface area (Å²) in [5.41, 5.74) is 5.19. The van der Waals surface area contributed by atoms with Crippen LogP contribution in [0.5, 0.6) is 0 Å². The molecular weight excluding hydrogens is 358 g/mol. The van der Waals surface area contributed by atoms with Crippen LogP contribution in [0.4, 0.5) is 11.4 Å². The number of likely N-dealkylation sites (N-methyl/N-ethyl adjacent to an activating group) is 1. The number of anilines is 2. The van der Waals surface area contributed by atoms with Crippen LogP contribution in [0.25, 0.3) is 6.08 Å². The number of rotatable bonds is 4. The van der Waals surface area contributed by atoms with E-state index in [-0.39, 0.29) is 0 Å². The third-order valence-corrected chi connectivity index (χ3v) is 5.85. The van der Waals surface area contributed by atoms with Gasteiger partial charge in [0.2, 0.25) is 0 Å². The highest BCUT2D eigenvalue weighted by atomic mass is 16.3. The van der Waals surface area contributed by atoms with Gasteiger partial charge in [-0.2, -0.15) is 0 Å². The summed E-state index contributed by atoms with van der Waals surface area (Å²) in [4.78, 5) is 7.13. The molecule has 4 nitrogen and oxygen atoms in total. The molecule has 2 aliphatic heterocycles. The maximum Gasteiger partial charge on any atom is 0.0840 e. The Bertz CT molecular complexity index is 900. The highest BCUT2D eigenvalue weighted by Gasteiger charge is 2.19. The summed E-state index contributed by atoms with van der Waals surface area (Å²) < 4.78 is 0. The Balaban J connectivity index is 1.49. The van der Waals surface area contributed by atoms with Gasteiger partial charge in [0.05, 0.1) is 5.60 Å². The average molecular weight is 390 g/mol. The maximum atomic E-state index is 10.2. The Morgan fingerprint density at radius 2 is 1.62 bits per heavy atom. The number of hydrogen-bond acceptors (Lipinski definition) is 4. The molecule has 0 amide bonds. The summed E-state index contributed by atoms with van der Waals surface area (Å²) in [6.45, 7) is 8.86. The van der Waals surface area contributed by atoms with Gasteiger partial charge in [0.25, 0.3) is 0 Å². The summed E-state index contributed by atoms with van der Waals surface area (Å²) in [5.74, 6) is 0.